The monoisotopic (exact) mass is 539 g/mol. The fraction of sp³-hybridized carbons (Fsp3) is 0.762. The predicted octanol–water partition coefficient (Wildman–Crippen LogP) is 3.75. The minimum absolute atomic E-state index is 0.121. The molecular formula is C21H35BrNO8P. The molecule has 0 bridgehead atoms. The molecule has 0 aromatic carbocycles. The second-order valence-corrected chi connectivity index (χ2v) is 10.9. The quantitative estimate of drug-likeness (QED) is 0.298. The first kappa shape index (κ1) is 27.5. The minimum atomic E-state index is -3.08. The summed E-state index contributed by atoms with van der Waals surface area (Å²) in [5, 5.41) is 11.3. The van der Waals surface area contributed by atoms with Crippen LogP contribution in [-0.2, 0) is 29.6 Å². The maximum atomic E-state index is 12.5. The number of ether oxygens (including phenoxy) is 3. The highest BCUT2D eigenvalue weighted by molar-refractivity contribution is 9.10. The summed E-state index contributed by atoms with van der Waals surface area (Å²) < 4.78 is 42.1. The summed E-state index contributed by atoms with van der Waals surface area (Å²) in [5.41, 5.74) is -0.569. The number of rotatable bonds is 13. The van der Waals surface area contributed by atoms with Crippen molar-refractivity contribution in [3.05, 3.63) is 26.6 Å². The first-order valence-electron chi connectivity index (χ1n) is 10.8. The standard InChI is InChI=1S/C21H35BrNO8P/c1-6-30-32(26,31-7-2)12-8-10-29-11-9-21(3)16(27-4)14-23-13-15(22)18(24)19(28-5)17(23)20(21)25/h13,16,20,25H,6-12,14H2,1-5H3. The lowest BCUT2D eigenvalue weighted by Gasteiger charge is -2.46. The fourth-order valence-electron chi connectivity index (χ4n) is 4.08. The molecule has 1 aliphatic heterocycles. The van der Waals surface area contributed by atoms with E-state index >= 15 is 0 Å². The lowest BCUT2D eigenvalue weighted by atomic mass is 9.72. The Morgan fingerprint density at radius 1 is 1.25 bits per heavy atom. The van der Waals surface area contributed by atoms with Gasteiger partial charge in [0.05, 0.1) is 42.8 Å². The van der Waals surface area contributed by atoms with E-state index in [4.69, 9.17) is 23.3 Å². The number of methoxy groups -OCH3 is 2. The third kappa shape index (κ3) is 6.03. The van der Waals surface area contributed by atoms with Crippen molar-refractivity contribution in [2.45, 2.75) is 52.4 Å². The summed E-state index contributed by atoms with van der Waals surface area (Å²) >= 11 is 3.26. The predicted molar refractivity (Wildman–Crippen MR) is 125 cm³/mol. The van der Waals surface area contributed by atoms with E-state index in [2.05, 4.69) is 15.9 Å². The van der Waals surface area contributed by atoms with Crippen LogP contribution in [0.4, 0.5) is 0 Å². The molecule has 1 aliphatic rings. The van der Waals surface area contributed by atoms with Crippen LogP contribution in [-0.4, -0.2) is 62.6 Å². The van der Waals surface area contributed by atoms with Gasteiger partial charge in [-0.15, -0.1) is 0 Å². The minimum Gasteiger partial charge on any atom is -0.491 e. The first-order valence-corrected chi connectivity index (χ1v) is 13.3. The van der Waals surface area contributed by atoms with E-state index in [0.29, 0.717) is 56.0 Å². The second kappa shape index (κ2) is 12.1. The van der Waals surface area contributed by atoms with Gasteiger partial charge in [0.2, 0.25) is 5.43 Å². The largest absolute Gasteiger partial charge is 0.491 e. The van der Waals surface area contributed by atoms with Gasteiger partial charge in [-0.2, -0.15) is 0 Å². The number of aromatic nitrogens is 1. The molecule has 2 rings (SSSR count). The van der Waals surface area contributed by atoms with Crippen molar-refractivity contribution in [3.8, 4) is 5.75 Å². The van der Waals surface area contributed by atoms with Crippen molar-refractivity contribution < 1.29 is 32.9 Å². The summed E-state index contributed by atoms with van der Waals surface area (Å²) in [7, 11) is -0.0512. The number of halogens is 1. The number of hydrogen-bond acceptors (Lipinski definition) is 8. The third-order valence-electron chi connectivity index (χ3n) is 5.86. The van der Waals surface area contributed by atoms with Gasteiger partial charge >= 0.3 is 7.60 Å². The smallest absolute Gasteiger partial charge is 0.330 e. The SMILES string of the molecule is CCOP(=O)(CCCOCCC1(C)C(OC)Cn2cc(Br)c(=O)c(OC)c2C1O)OCC. The number of nitrogens with zero attached hydrogens (tertiary/aromatic N) is 1. The fourth-order valence-corrected chi connectivity index (χ4v) is 6.14. The summed E-state index contributed by atoms with van der Waals surface area (Å²) in [6.07, 6.45) is 1.68. The molecule has 9 nitrogen and oxygen atoms in total. The lowest BCUT2D eigenvalue weighted by molar-refractivity contribution is -0.119. The summed E-state index contributed by atoms with van der Waals surface area (Å²) in [4.78, 5) is 12.5. The van der Waals surface area contributed by atoms with Crippen LogP contribution < -0.4 is 10.2 Å². The Hall–Kier alpha value is -0.740. The second-order valence-electron chi connectivity index (χ2n) is 7.90. The number of aliphatic hydroxyl groups excluding tert-OH is 1. The van der Waals surface area contributed by atoms with Crippen molar-refractivity contribution in [2.75, 3.05) is 46.8 Å². The van der Waals surface area contributed by atoms with E-state index < -0.39 is 19.1 Å². The molecule has 0 radical (unpaired) electrons. The van der Waals surface area contributed by atoms with Crippen LogP contribution in [0.5, 0.6) is 5.75 Å². The highest BCUT2D eigenvalue weighted by atomic mass is 79.9. The normalized spacial score (nSPS) is 23.2. The van der Waals surface area contributed by atoms with E-state index in [0.717, 1.165) is 0 Å². The van der Waals surface area contributed by atoms with Crippen molar-refractivity contribution >= 4 is 23.5 Å². The van der Waals surface area contributed by atoms with Gasteiger partial charge in [0, 0.05) is 38.5 Å². The molecule has 11 heteroatoms. The summed E-state index contributed by atoms with van der Waals surface area (Å²) in [6, 6.07) is 0. The Morgan fingerprint density at radius 2 is 1.91 bits per heavy atom. The summed E-state index contributed by atoms with van der Waals surface area (Å²) in [6.45, 7) is 7.36. The highest BCUT2D eigenvalue weighted by Crippen LogP contribution is 2.49. The third-order valence-corrected chi connectivity index (χ3v) is 8.59. The van der Waals surface area contributed by atoms with E-state index in [1.54, 1.807) is 31.7 Å². The van der Waals surface area contributed by atoms with Gasteiger partial charge in [0.25, 0.3) is 0 Å². The molecule has 2 heterocycles. The Labute approximate surface area is 198 Å². The molecule has 0 spiro atoms. The van der Waals surface area contributed by atoms with Crippen LogP contribution in [0.25, 0.3) is 0 Å². The summed E-state index contributed by atoms with van der Waals surface area (Å²) in [5.74, 6) is 0.121. The molecule has 184 valence electrons. The van der Waals surface area contributed by atoms with E-state index in [9.17, 15) is 14.5 Å². The van der Waals surface area contributed by atoms with Gasteiger partial charge in [-0.25, -0.2) is 0 Å². The molecular weight excluding hydrogens is 505 g/mol. The zero-order valence-electron chi connectivity index (χ0n) is 19.5. The van der Waals surface area contributed by atoms with Gasteiger partial charge in [0.15, 0.2) is 5.75 Å². The highest BCUT2D eigenvalue weighted by Gasteiger charge is 2.48. The van der Waals surface area contributed by atoms with Crippen molar-refractivity contribution in [1.29, 1.82) is 0 Å². The number of fused-ring (bicyclic) bond motifs is 1. The van der Waals surface area contributed by atoms with Gasteiger partial charge in [-0.1, -0.05) is 6.92 Å². The van der Waals surface area contributed by atoms with E-state index in [-0.39, 0.29) is 23.4 Å². The Kier molecular flexibility index (Phi) is 10.4. The van der Waals surface area contributed by atoms with Gasteiger partial charge in [0.1, 0.15) is 6.10 Å². The van der Waals surface area contributed by atoms with Crippen LogP contribution in [0.2, 0.25) is 0 Å². The van der Waals surface area contributed by atoms with Gasteiger partial charge in [-0.05, 0) is 42.6 Å². The molecule has 0 amide bonds. The number of hydrogen-bond donors (Lipinski definition) is 1. The van der Waals surface area contributed by atoms with Crippen molar-refractivity contribution in [2.24, 2.45) is 5.41 Å². The number of pyridine rings is 1. The lowest BCUT2D eigenvalue weighted by Crippen LogP contribution is -2.48. The molecule has 1 N–H and O–H groups in total. The Bertz CT molecular complexity index is 853. The molecule has 3 atom stereocenters. The molecule has 0 saturated heterocycles. The average Bonchev–Trinajstić information content (AvgIpc) is 2.75. The molecule has 0 aliphatic carbocycles. The Morgan fingerprint density at radius 3 is 2.47 bits per heavy atom. The zero-order chi connectivity index (χ0) is 23.9. The van der Waals surface area contributed by atoms with Crippen LogP contribution in [0, 0.1) is 5.41 Å². The van der Waals surface area contributed by atoms with Gasteiger partial charge in [-0.3, -0.25) is 9.36 Å². The Balaban J connectivity index is 2.04. The first-order chi connectivity index (χ1) is 15.2. The molecule has 0 fully saturated rings. The van der Waals surface area contributed by atoms with Crippen LogP contribution in [0.3, 0.4) is 0 Å². The topological polar surface area (TPSA) is 105 Å². The van der Waals surface area contributed by atoms with Gasteiger partial charge < -0.3 is 32.9 Å². The van der Waals surface area contributed by atoms with Crippen molar-refractivity contribution in [3.63, 3.8) is 0 Å². The van der Waals surface area contributed by atoms with Crippen molar-refractivity contribution in [1.82, 2.24) is 4.57 Å². The molecule has 3 unspecified atom stereocenters. The molecule has 1 aromatic heterocycles. The van der Waals surface area contributed by atoms with Crippen LogP contribution in [0.15, 0.2) is 15.5 Å². The molecule has 1 aromatic rings. The maximum Gasteiger partial charge on any atom is 0.330 e. The van der Waals surface area contributed by atoms with E-state index in [1.165, 1.54) is 7.11 Å². The van der Waals surface area contributed by atoms with E-state index in [1.807, 2.05) is 6.92 Å². The molecule has 32 heavy (non-hydrogen) atoms. The maximum absolute atomic E-state index is 12.5. The average molecular weight is 540 g/mol. The number of aliphatic hydroxyl groups is 1. The molecule has 0 saturated carbocycles. The van der Waals surface area contributed by atoms with Crippen LogP contribution >= 0.6 is 23.5 Å². The zero-order valence-corrected chi connectivity index (χ0v) is 21.9. The van der Waals surface area contributed by atoms with Crippen LogP contribution in [0.1, 0.15) is 45.4 Å².